The molecule has 0 spiro atoms. The Morgan fingerprint density at radius 2 is 1.76 bits per heavy atom. The highest BCUT2D eigenvalue weighted by atomic mass is 32.1. The summed E-state index contributed by atoms with van der Waals surface area (Å²) >= 11 is 1.17. The number of carbonyl (C=O) groups excluding carboxylic acids is 1. The Labute approximate surface area is 217 Å². The van der Waals surface area contributed by atoms with E-state index in [9.17, 15) is 10.1 Å². The van der Waals surface area contributed by atoms with Crippen LogP contribution in [0.3, 0.4) is 0 Å². The molecule has 0 saturated carbocycles. The van der Waals surface area contributed by atoms with Gasteiger partial charge in [-0.25, -0.2) is 4.98 Å². The van der Waals surface area contributed by atoms with Gasteiger partial charge in [-0.3, -0.25) is 4.79 Å². The molecule has 0 saturated heterocycles. The van der Waals surface area contributed by atoms with Crippen LogP contribution in [-0.4, -0.2) is 43.7 Å². The molecule has 0 aliphatic carbocycles. The summed E-state index contributed by atoms with van der Waals surface area (Å²) in [6, 6.07) is 13.7. The van der Waals surface area contributed by atoms with Crippen molar-refractivity contribution in [2.75, 3.05) is 39.3 Å². The van der Waals surface area contributed by atoms with Gasteiger partial charge in [-0.1, -0.05) is 24.3 Å². The van der Waals surface area contributed by atoms with Gasteiger partial charge >= 0.3 is 0 Å². The summed E-state index contributed by atoms with van der Waals surface area (Å²) in [5.41, 5.74) is 16.7. The van der Waals surface area contributed by atoms with E-state index in [1.165, 1.54) is 38.2 Å². The highest BCUT2D eigenvalue weighted by Crippen LogP contribution is 2.47. The van der Waals surface area contributed by atoms with Crippen LogP contribution in [0.4, 0.5) is 11.5 Å². The fourth-order valence-corrected chi connectivity index (χ4v) is 5.85. The molecule has 1 aliphatic heterocycles. The van der Waals surface area contributed by atoms with Crippen LogP contribution < -0.4 is 25.7 Å². The van der Waals surface area contributed by atoms with Gasteiger partial charge in [-0.15, -0.1) is 11.3 Å². The van der Waals surface area contributed by atoms with E-state index >= 15 is 0 Å². The number of ether oxygens (including phenoxy) is 3. The standard InChI is InChI=1S/C27H25N5O4S/c1-34-18-10-16(11-19(35-2)23(18)36-3)20-17(12-28)25(30)31-26-21(20)22(29)24(37-26)27(33)32-9-8-14-6-4-5-7-15(14)13-32/h4-7,10-11H,8-9,13,29H2,1-3H3,(H2,30,31). The second-order valence-corrected chi connectivity index (χ2v) is 9.54. The smallest absolute Gasteiger partial charge is 0.266 e. The first-order valence-corrected chi connectivity index (χ1v) is 12.3. The number of hydrogen-bond donors (Lipinski definition) is 2. The number of methoxy groups -OCH3 is 3. The molecule has 0 unspecified atom stereocenters. The van der Waals surface area contributed by atoms with Gasteiger partial charge in [0, 0.05) is 24.0 Å². The normalized spacial score (nSPS) is 12.6. The summed E-state index contributed by atoms with van der Waals surface area (Å²) in [4.78, 5) is 20.7. The average molecular weight is 516 g/mol. The molecular formula is C27H25N5O4S. The van der Waals surface area contributed by atoms with Gasteiger partial charge < -0.3 is 30.6 Å². The van der Waals surface area contributed by atoms with Crippen LogP contribution in [0, 0.1) is 11.3 Å². The summed E-state index contributed by atoms with van der Waals surface area (Å²) in [7, 11) is 4.53. The van der Waals surface area contributed by atoms with Crippen molar-refractivity contribution < 1.29 is 19.0 Å². The van der Waals surface area contributed by atoms with Gasteiger partial charge in [-0.05, 0) is 35.2 Å². The third-order valence-corrected chi connectivity index (χ3v) is 7.67. The summed E-state index contributed by atoms with van der Waals surface area (Å²) in [6.45, 7) is 1.09. The Kier molecular flexibility index (Phi) is 6.23. The SMILES string of the molecule is COc1cc(-c2c(C#N)c(N)nc3sc(C(=O)N4CCc5ccccc5C4)c(N)c23)cc(OC)c1OC. The number of carbonyl (C=O) groups is 1. The summed E-state index contributed by atoms with van der Waals surface area (Å²) in [5.74, 6) is 1.08. The largest absolute Gasteiger partial charge is 0.493 e. The van der Waals surface area contributed by atoms with E-state index < -0.39 is 0 Å². The first kappa shape index (κ1) is 24.2. The lowest BCUT2D eigenvalue weighted by atomic mass is 9.96. The zero-order valence-corrected chi connectivity index (χ0v) is 21.4. The van der Waals surface area contributed by atoms with Crippen LogP contribution in [0.15, 0.2) is 36.4 Å². The first-order chi connectivity index (χ1) is 17.9. The topological polar surface area (TPSA) is 137 Å². The van der Waals surface area contributed by atoms with Gasteiger partial charge in [0.25, 0.3) is 5.91 Å². The van der Waals surface area contributed by atoms with Crippen molar-refractivity contribution in [3.05, 3.63) is 58.0 Å². The van der Waals surface area contributed by atoms with Crippen molar-refractivity contribution in [2.24, 2.45) is 0 Å². The maximum Gasteiger partial charge on any atom is 0.266 e. The molecule has 0 bridgehead atoms. The zero-order chi connectivity index (χ0) is 26.3. The van der Waals surface area contributed by atoms with Crippen LogP contribution in [0.25, 0.3) is 21.3 Å². The Bertz CT molecular complexity index is 1570. The van der Waals surface area contributed by atoms with Crippen LogP contribution in [0.5, 0.6) is 17.2 Å². The third kappa shape index (κ3) is 3.93. The zero-order valence-electron chi connectivity index (χ0n) is 20.6. The van der Waals surface area contributed by atoms with Crippen molar-refractivity contribution in [3.63, 3.8) is 0 Å². The third-order valence-electron chi connectivity index (χ3n) is 6.58. The van der Waals surface area contributed by atoms with Gasteiger partial charge in [0.15, 0.2) is 11.5 Å². The molecule has 2 aromatic heterocycles. The molecule has 0 fully saturated rings. The molecule has 3 heterocycles. The van der Waals surface area contributed by atoms with E-state index in [1.54, 1.807) is 17.0 Å². The lowest BCUT2D eigenvalue weighted by Gasteiger charge is -2.28. The number of pyridine rings is 1. The Hall–Kier alpha value is -4.49. The minimum atomic E-state index is -0.178. The molecular weight excluding hydrogens is 490 g/mol. The Balaban J connectivity index is 1.69. The Morgan fingerprint density at radius 3 is 2.38 bits per heavy atom. The lowest BCUT2D eigenvalue weighted by molar-refractivity contribution is 0.0740. The van der Waals surface area contributed by atoms with E-state index in [1.807, 2.05) is 18.2 Å². The number of nitrogen functional groups attached to an aromatic ring is 2. The van der Waals surface area contributed by atoms with Crippen molar-refractivity contribution in [1.29, 1.82) is 5.26 Å². The number of amides is 1. The van der Waals surface area contributed by atoms with Crippen molar-refractivity contribution in [2.45, 2.75) is 13.0 Å². The van der Waals surface area contributed by atoms with Crippen LogP contribution in [0.2, 0.25) is 0 Å². The van der Waals surface area contributed by atoms with Crippen LogP contribution >= 0.6 is 11.3 Å². The maximum atomic E-state index is 13.6. The van der Waals surface area contributed by atoms with Gasteiger partial charge in [-0.2, -0.15) is 5.26 Å². The highest BCUT2D eigenvalue weighted by Gasteiger charge is 2.29. The predicted molar refractivity (Wildman–Crippen MR) is 143 cm³/mol. The molecule has 1 amide bonds. The monoisotopic (exact) mass is 515 g/mol. The number of nitriles is 1. The van der Waals surface area contributed by atoms with E-state index in [2.05, 4.69) is 17.1 Å². The minimum absolute atomic E-state index is 0.0471. The average Bonchev–Trinajstić information content (AvgIpc) is 3.25. The highest BCUT2D eigenvalue weighted by molar-refractivity contribution is 7.21. The second kappa shape index (κ2) is 9.52. The van der Waals surface area contributed by atoms with E-state index in [4.69, 9.17) is 25.7 Å². The van der Waals surface area contributed by atoms with Crippen molar-refractivity contribution >= 4 is 39.0 Å². The molecule has 5 rings (SSSR count). The number of hydrogen-bond acceptors (Lipinski definition) is 9. The second-order valence-electron chi connectivity index (χ2n) is 8.54. The molecule has 37 heavy (non-hydrogen) atoms. The summed E-state index contributed by atoms with van der Waals surface area (Å²) in [6.07, 6.45) is 0.771. The van der Waals surface area contributed by atoms with Gasteiger partial charge in [0.05, 0.1) is 27.0 Å². The van der Waals surface area contributed by atoms with Crippen LogP contribution in [-0.2, 0) is 13.0 Å². The fraction of sp³-hybridized carbons (Fsp3) is 0.222. The maximum absolute atomic E-state index is 13.6. The van der Waals surface area contributed by atoms with Crippen LogP contribution in [0.1, 0.15) is 26.4 Å². The van der Waals surface area contributed by atoms with E-state index in [-0.39, 0.29) is 23.0 Å². The van der Waals surface area contributed by atoms with E-state index in [0.717, 1.165) is 12.0 Å². The predicted octanol–water partition coefficient (Wildman–Crippen LogP) is 4.22. The molecule has 0 radical (unpaired) electrons. The minimum Gasteiger partial charge on any atom is -0.493 e. The van der Waals surface area contributed by atoms with Crippen molar-refractivity contribution in [1.82, 2.24) is 9.88 Å². The molecule has 188 valence electrons. The number of anilines is 2. The molecule has 10 heteroatoms. The van der Waals surface area contributed by atoms with Crippen molar-refractivity contribution in [3.8, 4) is 34.4 Å². The number of nitrogens with two attached hydrogens (primary N) is 2. The number of thiophene rings is 1. The van der Waals surface area contributed by atoms with Gasteiger partial charge in [0.1, 0.15) is 27.2 Å². The lowest BCUT2D eigenvalue weighted by Crippen LogP contribution is -2.35. The Morgan fingerprint density at radius 1 is 1.08 bits per heavy atom. The number of nitrogens with zero attached hydrogens (tertiary/aromatic N) is 3. The molecule has 0 atom stereocenters. The summed E-state index contributed by atoms with van der Waals surface area (Å²) in [5, 5.41) is 10.5. The molecule has 9 nitrogen and oxygen atoms in total. The molecule has 4 aromatic rings. The number of benzene rings is 2. The van der Waals surface area contributed by atoms with Gasteiger partial charge in [0.2, 0.25) is 5.75 Å². The number of rotatable bonds is 5. The molecule has 2 aromatic carbocycles. The number of fused-ring (bicyclic) bond motifs is 2. The fourth-order valence-electron chi connectivity index (χ4n) is 4.77. The van der Waals surface area contributed by atoms with E-state index in [0.29, 0.717) is 56.6 Å². The first-order valence-electron chi connectivity index (χ1n) is 11.5. The molecule has 1 aliphatic rings. The molecule has 4 N–H and O–H groups in total. The summed E-state index contributed by atoms with van der Waals surface area (Å²) < 4.78 is 16.5. The quantitative estimate of drug-likeness (QED) is 0.403. The number of aromatic nitrogens is 1.